The SMILES string of the molecule is CC(C)Cc1ccc(CC(N)CO)cc1. The van der Waals surface area contributed by atoms with Crippen LogP contribution in [-0.4, -0.2) is 17.8 Å². The highest BCUT2D eigenvalue weighted by atomic mass is 16.3. The molecule has 0 saturated heterocycles. The van der Waals surface area contributed by atoms with Crippen molar-refractivity contribution in [3.05, 3.63) is 35.4 Å². The van der Waals surface area contributed by atoms with Crippen LogP contribution in [0, 0.1) is 5.92 Å². The van der Waals surface area contributed by atoms with Gasteiger partial charge in [0.05, 0.1) is 6.61 Å². The van der Waals surface area contributed by atoms with Crippen molar-refractivity contribution in [3.63, 3.8) is 0 Å². The minimum atomic E-state index is -0.138. The maximum atomic E-state index is 8.84. The predicted octanol–water partition coefficient (Wildman–Crippen LogP) is 1.75. The summed E-state index contributed by atoms with van der Waals surface area (Å²) in [7, 11) is 0. The number of hydrogen-bond acceptors (Lipinski definition) is 2. The molecular formula is C13H21NO. The Hall–Kier alpha value is -0.860. The summed E-state index contributed by atoms with van der Waals surface area (Å²) in [4.78, 5) is 0. The Bertz CT molecular complexity index is 279. The number of rotatable bonds is 5. The van der Waals surface area contributed by atoms with Crippen molar-refractivity contribution < 1.29 is 5.11 Å². The van der Waals surface area contributed by atoms with Crippen LogP contribution < -0.4 is 5.73 Å². The van der Waals surface area contributed by atoms with E-state index < -0.39 is 0 Å². The second kappa shape index (κ2) is 5.89. The van der Waals surface area contributed by atoms with Crippen molar-refractivity contribution in [2.45, 2.75) is 32.7 Å². The van der Waals surface area contributed by atoms with Gasteiger partial charge in [0.1, 0.15) is 0 Å². The Labute approximate surface area is 92.1 Å². The first-order chi connectivity index (χ1) is 7.11. The highest BCUT2D eigenvalue weighted by Gasteiger charge is 2.02. The highest BCUT2D eigenvalue weighted by Crippen LogP contribution is 2.10. The maximum absolute atomic E-state index is 8.84. The van der Waals surface area contributed by atoms with Gasteiger partial charge in [-0.15, -0.1) is 0 Å². The number of aliphatic hydroxyl groups excluding tert-OH is 1. The predicted molar refractivity (Wildman–Crippen MR) is 63.7 cm³/mol. The fourth-order valence-electron chi connectivity index (χ4n) is 1.65. The number of nitrogens with two attached hydrogens (primary N) is 1. The molecule has 0 aliphatic heterocycles. The van der Waals surface area contributed by atoms with Gasteiger partial charge in [-0.3, -0.25) is 0 Å². The third-order valence-corrected chi connectivity index (χ3v) is 2.40. The van der Waals surface area contributed by atoms with Gasteiger partial charge < -0.3 is 10.8 Å². The Morgan fingerprint density at radius 3 is 1.93 bits per heavy atom. The first-order valence-electron chi connectivity index (χ1n) is 5.56. The monoisotopic (exact) mass is 207 g/mol. The van der Waals surface area contributed by atoms with Crippen LogP contribution in [0.15, 0.2) is 24.3 Å². The van der Waals surface area contributed by atoms with Crippen LogP contribution in [0.4, 0.5) is 0 Å². The normalized spacial score (nSPS) is 13.1. The van der Waals surface area contributed by atoms with E-state index in [1.54, 1.807) is 0 Å². The summed E-state index contributed by atoms with van der Waals surface area (Å²) in [5.74, 6) is 0.690. The Kier molecular flexibility index (Phi) is 4.79. The molecular weight excluding hydrogens is 186 g/mol. The topological polar surface area (TPSA) is 46.2 Å². The van der Waals surface area contributed by atoms with Crippen LogP contribution in [0.25, 0.3) is 0 Å². The van der Waals surface area contributed by atoms with Crippen LogP contribution in [0.1, 0.15) is 25.0 Å². The van der Waals surface area contributed by atoms with Gasteiger partial charge >= 0.3 is 0 Å². The second-order valence-electron chi connectivity index (χ2n) is 4.56. The lowest BCUT2D eigenvalue weighted by Gasteiger charge is -2.09. The molecule has 0 aliphatic rings. The summed E-state index contributed by atoms with van der Waals surface area (Å²) >= 11 is 0. The standard InChI is InChI=1S/C13H21NO/c1-10(2)7-11-3-5-12(6-4-11)8-13(14)9-15/h3-6,10,13,15H,7-9,14H2,1-2H3. The van der Waals surface area contributed by atoms with Crippen molar-refractivity contribution >= 4 is 0 Å². The molecule has 0 radical (unpaired) electrons. The summed E-state index contributed by atoms with van der Waals surface area (Å²) in [5, 5.41) is 8.84. The molecule has 1 aromatic carbocycles. The third kappa shape index (κ3) is 4.45. The zero-order valence-electron chi connectivity index (χ0n) is 9.61. The molecule has 84 valence electrons. The first-order valence-corrected chi connectivity index (χ1v) is 5.56. The molecule has 0 bridgehead atoms. The van der Waals surface area contributed by atoms with Gasteiger partial charge in [-0.1, -0.05) is 38.1 Å². The molecule has 0 spiro atoms. The fraction of sp³-hybridized carbons (Fsp3) is 0.538. The number of benzene rings is 1. The molecule has 0 heterocycles. The molecule has 1 rings (SSSR count). The molecule has 0 aromatic heterocycles. The Balaban J connectivity index is 2.56. The average Bonchev–Trinajstić information content (AvgIpc) is 2.20. The highest BCUT2D eigenvalue weighted by molar-refractivity contribution is 5.23. The van der Waals surface area contributed by atoms with Crippen molar-refractivity contribution in [2.75, 3.05) is 6.61 Å². The van der Waals surface area contributed by atoms with E-state index in [4.69, 9.17) is 10.8 Å². The molecule has 1 aromatic rings. The van der Waals surface area contributed by atoms with E-state index in [-0.39, 0.29) is 12.6 Å². The lowest BCUT2D eigenvalue weighted by Crippen LogP contribution is -2.26. The van der Waals surface area contributed by atoms with Gasteiger partial charge in [0, 0.05) is 6.04 Å². The third-order valence-electron chi connectivity index (χ3n) is 2.40. The van der Waals surface area contributed by atoms with Crippen LogP contribution in [0.2, 0.25) is 0 Å². The van der Waals surface area contributed by atoms with E-state index in [0.717, 1.165) is 12.8 Å². The zero-order valence-corrected chi connectivity index (χ0v) is 9.61. The average molecular weight is 207 g/mol. The maximum Gasteiger partial charge on any atom is 0.0585 e. The summed E-state index contributed by atoms with van der Waals surface area (Å²) in [6.45, 7) is 4.49. The summed E-state index contributed by atoms with van der Waals surface area (Å²) in [6.07, 6.45) is 1.87. The molecule has 2 heteroatoms. The van der Waals surface area contributed by atoms with Crippen LogP contribution in [0.5, 0.6) is 0 Å². The van der Waals surface area contributed by atoms with Gasteiger partial charge in [0.2, 0.25) is 0 Å². The molecule has 2 nitrogen and oxygen atoms in total. The van der Waals surface area contributed by atoms with Crippen molar-refractivity contribution in [1.29, 1.82) is 0 Å². The van der Waals surface area contributed by atoms with Crippen LogP contribution in [-0.2, 0) is 12.8 Å². The smallest absolute Gasteiger partial charge is 0.0585 e. The summed E-state index contributed by atoms with van der Waals surface area (Å²) < 4.78 is 0. The van der Waals surface area contributed by atoms with Gasteiger partial charge in [-0.25, -0.2) is 0 Å². The van der Waals surface area contributed by atoms with Gasteiger partial charge in [-0.2, -0.15) is 0 Å². The lowest BCUT2D eigenvalue weighted by molar-refractivity contribution is 0.265. The van der Waals surface area contributed by atoms with Crippen molar-refractivity contribution in [2.24, 2.45) is 11.7 Å². The van der Waals surface area contributed by atoms with E-state index in [0.29, 0.717) is 5.92 Å². The largest absolute Gasteiger partial charge is 0.395 e. The van der Waals surface area contributed by atoms with Gasteiger partial charge in [0.25, 0.3) is 0 Å². The molecule has 0 amide bonds. The molecule has 0 saturated carbocycles. The molecule has 0 aliphatic carbocycles. The van der Waals surface area contributed by atoms with Gasteiger partial charge in [-0.05, 0) is 29.9 Å². The van der Waals surface area contributed by atoms with E-state index in [2.05, 4.69) is 38.1 Å². The minimum absolute atomic E-state index is 0.0494. The number of aliphatic hydroxyl groups is 1. The van der Waals surface area contributed by atoms with E-state index in [1.807, 2.05) is 0 Å². The Morgan fingerprint density at radius 1 is 1.07 bits per heavy atom. The van der Waals surface area contributed by atoms with Crippen LogP contribution in [0.3, 0.4) is 0 Å². The van der Waals surface area contributed by atoms with E-state index >= 15 is 0 Å². The first kappa shape index (κ1) is 12.2. The van der Waals surface area contributed by atoms with Crippen molar-refractivity contribution in [3.8, 4) is 0 Å². The molecule has 15 heavy (non-hydrogen) atoms. The second-order valence-corrected chi connectivity index (χ2v) is 4.56. The number of hydrogen-bond donors (Lipinski definition) is 2. The Morgan fingerprint density at radius 2 is 1.53 bits per heavy atom. The lowest BCUT2D eigenvalue weighted by atomic mass is 10.00. The zero-order chi connectivity index (χ0) is 11.3. The molecule has 0 fully saturated rings. The summed E-state index contributed by atoms with van der Waals surface area (Å²) in [5.41, 5.74) is 8.24. The molecule has 3 N–H and O–H groups in total. The quantitative estimate of drug-likeness (QED) is 0.772. The van der Waals surface area contributed by atoms with Gasteiger partial charge in [0.15, 0.2) is 0 Å². The van der Waals surface area contributed by atoms with E-state index in [9.17, 15) is 0 Å². The van der Waals surface area contributed by atoms with E-state index in [1.165, 1.54) is 11.1 Å². The van der Waals surface area contributed by atoms with Crippen LogP contribution >= 0.6 is 0 Å². The van der Waals surface area contributed by atoms with Crippen molar-refractivity contribution in [1.82, 2.24) is 0 Å². The molecule has 1 unspecified atom stereocenters. The summed E-state index contributed by atoms with van der Waals surface area (Å²) in [6, 6.07) is 8.38. The fourth-order valence-corrected chi connectivity index (χ4v) is 1.65. The molecule has 1 atom stereocenters. The minimum Gasteiger partial charge on any atom is -0.395 e.